The quantitative estimate of drug-likeness (QED) is 0.163. The first-order chi connectivity index (χ1) is 26.1. The monoisotopic (exact) mass is 680 g/mol. The molecule has 2 aromatic heterocycles. The van der Waals surface area contributed by atoms with Crippen molar-refractivity contribution in [2.45, 2.75) is 19.3 Å². The van der Waals surface area contributed by atoms with Crippen molar-refractivity contribution in [3.63, 3.8) is 0 Å². The SMILES string of the molecule is Cc1ccccc1-c1cccc2c1oc1ccc(C(c3ccccc3)(c3ccccc3)c3ccc4oc5c(-c6ccccc6C)cccc5c4c3)cc12. The second-order valence-corrected chi connectivity index (χ2v) is 14.1. The minimum absolute atomic E-state index is 0.653. The van der Waals surface area contributed by atoms with Gasteiger partial charge in [-0.1, -0.05) is 158 Å². The molecule has 0 amide bonds. The Morgan fingerprint density at radius 1 is 0.321 bits per heavy atom. The molecule has 0 bridgehead atoms. The van der Waals surface area contributed by atoms with Crippen LogP contribution >= 0.6 is 0 Å². The summed E-state index contributed by atoms with van der Waals surface area (Å²) in [6, 6.07) is 65.4. The Kier molecular flexibility index (Phi) is 7.19. The van der Waals surface area contributed by atoms with Gasteiger partial charge in [0.25, 0.3) is 0 Å². The van der Waals surface area contributed by atoms with Crippen molar-refractivity contribution >= 4 is 43.9 Å². The second-order valence-electron chi connectivity index (χ2n) is 14.1. The molecular weight excluding hydrogens is 645 g/mol. The minimum atomic E-state index is -0.653. The zero-order valence-corrected chi connectivity index (χ0v) is 29.6. The predicted octanol–water partition coefficient (Wildman–Crippen LogP) is 13.8. The number of rotatable bonds is 6. The molecule has 8 aromatic carbocycles. The van der Waals surface area contributed by atoms with E-state index < -0.39 is 5.41 Å². The molecule has 2 nitrogen and oxygen atoms in total. The highest BCUT2D eigenvalue weighted by Crippen LogP contribution is 2.49. The Hall–Kier alpha value is -6.64. The molecule has 2 heterocycles. The van der Waals surface area contributed by atoms with Gasteiger partial charge in [0, 0.05) is 32.7 Å². The molecule has 0 saturated carbocycles. The van der Waals surface area contributed by atoms with Crippen molar-refractivity contribution in [2.75, 3.05) is 0 Å². The molecule has 0 atom stereocenters. The Morgan fingerprint density at radius 3 is 1.15 bits per heavy atom. The molecule has 2 heteroatoms. The van der Waals surface area contributed by atoms with Gasteiger partial charge in [-0.3, -0.25) is 0 Å². The molecule has 0 aliphatic carbocycles. The lowest BCUT2D eigenvalue weighted by molar-refractivity contribution is 0.668. The largest absolute Gasteiger partial charge is 0.455 e. The summed E-state index contributed by atoms with van der Waals surface area (Å²) in [6.07, 6.45) is 0. The number of aryl methyl sites for hydroxylation is 2. The lowest BCUT2D eigenvalue weighted by atomic mass is 9.65. The third kappa shape index (κ3) is 4.80. The number of benzene rings is 8. The maximum atomic E-state index is 6.72. The number of fused-ring (bicyclic) bond motifs is 6. The van der Waals surface area contributed by atoms with Crippen molar-refractivity contribution in [1.82, 2.24) is 0 Å². The van der Waals surface area contributed by atoms with Crippen LogP contribution in [0.1, 0.15) is 33.4 Å². The Balaban J connectivity index is 1.26. The summed E-state index contributed by atoms with van der Waals surface area (Å²) in [4.78, 5) is 0. The van der Waals surface area contributed by atoms with Crippen LogP contribution in [0.3, 0.4) is 0 Å². The molecule has 0 radical (unpaired) electrons. The van der Waals surface area contributed by atoms with Crippen molar-refractivity contribution in [2.24, 2.45) is 0 Å². The Bertz CT molecular complexity index is 2760. The number of para-hydroxylation sites is 2. The smallest absolute Gasteiger partial charge is 0.143 e. The molecule has 0 aliphatic heterocycles. The molecule has 0 saturated heterocycles. The Labute approximate surface area is 308 Å². The molecule has 252 valence electrons. The van der Waals surface area contributed by atoms with Crippen LogP contribution in [0.4, 0.5) is 0 Å². The zero-order chi connectivity index (χ0) is 35.5. The summed E-state index contributed by atoms with van der Waals surface area (Å²) in [5.74, 6) is 0. The average Bonchev–Trinajstić information content (AvgIpc) is 3.78. The first-order valence-corrected chi connectivity index (χ1v) is 18.3. The van der Waals surface area contributed by atoms with Crippen LogP contribution in [0.2, 0.25) is 0 Å². The van der Waals surface area contributed by atoms with E-state index in [1.807, 2.05) is 0 Å². The van der Waals surface area contributed by atoms with Gasteiger partial charge in [0.1, 0.15) is 22.3 Å². The molecule has 0 fully saturated rings. The van der Waals surface area contributed by atoms with Crippen LogP contribution in [-0.4, -0.2) is 0 Å². The molecular formula is C51H36O2. The maximum absolute atomic E-state index is 6.72. The first-order valence-electron chi connectivity index (χ1n) is 18.3. The van der Waals surface area contributed by atoms with Crippen molar-refractivity contribution in [3.05, 3.63) is 215 Å². The minimum Gasteiger partial charge on any atom is -0.455 e. The van der Waals surface area contributed by atoms with Gasteiger partial charge in [-0.25, -0.2) is 0 Å². The molecule has 0 N–H and O–H groups in total. The molecule has 0 aliphatic rings. The summed E-state index contributed by atoms with van der Waals surface area (Å²) in [5.41, 5.74) is 14.7. The summed E-state index contributed by atoms with van der Waals surface area (Å²) in [5, 5.41) is 4.42. The van der Waals surface area contributed by atoms with E-state index >= 15 is 0 Å². The van der Waals surface area contributed by atoms with Gasteiger partial charge >= 0.3 is 0 Å². The molecule has 53 heavy (non-hydrogen) atoms. The van der Waals surface area contributed by atoms with Gasteiger partial charge in [0.05, 0.1) is 5.41 Å². The highest BCUT2D eigenvalue weighted by molar-refractivity contribution is 6.11. The molecule has 10 aromatic rings. The van der Waals surface area contributed by atoms with Gasteiger partial charge in [0.15, 0.2) is 0 Å². The fourth-order valence-corrected chi connectivity index (χ4v) is 8.61. The lowest BCUT2D eigenvalue weighted by Gasteiger charge is -2.37. The van der Waals surface area contributed by atoms with E-state index in [-0.39, 0.29) is 0 Å². The van der Waals surface area contributed by atoms with E-state index in [0.29, 0.717) is 0 Å². The molecule has 10 rings (SSSR count). The fraction of sp³-hybridized carbons (Fsp3) is 0.0588. The van der Waals surface area contributed by atoms with E-state index in [0.717, 1.165) is 55.0 Å². The van der Waals surface area contributed by atoms with Crippen molar-refractivity contribution in [3.8, 4) is 22.3 Å². The van der Waals surface area contributed by atoms with E-state index in [1.54, 1.807) is 0 Å². The zero-order valence-electron chi connectivity index (χ0n) is 29.6. The van der Waals surface area contributed by atoms with Crippen LogP contribution in [0.25, 0.3) is 66.1 Å². The van der Waals surface area contributed by atoms with Gasteiger partial charge < -0.3 is 8.83 Å². The van der Waals surface area contributed by atoms with Gasteiger partial charge in [0.2, 0.25) is 0 Å². The third-order valence-corrected chi connectivity index (χ3v) is 11.1. The predicted molar refractivity (Wildman–Crippen MR) is 220 cm³/mol. The van der Waals surface area contributed by atoms with Crippen LogP contribution in [0.5, 0.6) is 0 Å². The number of hydrogen-bond donors (Lipinski definition) is 0. The highest BCUT2D eigenvalue weighted by atomic mass is 16.3. The van der Waals surface area contributed by atoms with Crippen molar-refractivity contribution < 1.29 is 8.83 Å². The van der Waals surface area contributed by atoms with Gasteiger partial charge in [-0.2, -0.15) is 0 Å². The summed E-state index contributed by atoms with van der Waals surface area (Å²) in [7, 11) is 0. The normalized spacial score (nSPS) is 12.0. The lowest BCUT2D eigenvalue weighted by Crippen LogP contribution is -2.31. The molecule has 0 spiro atoms. The second kappa shape index (κ2) is 12.3. The summed E-state index contributed by atoms with van der Waals surface area (Å²) < 4.78 is 13.4. The van der Waals surface area contributed by atoms with Crippen LogP contribution in [0, 0.1) is 13.8 Å². The van der Waals surface area contributed by atoms with Crippen LogP contribution in [0.15, 0.2) is 191 Å². The van der Waals surface area contributed by atoms with E-state index in [2.05, 4.69) is 196 Å². The van der Waals surface area contributed by atoms with Crippen molar-refractivity contribution in [1.29, 1.82) is 0 Å². The molecule has 0 unspecified atom stereocenters. The van der Waals surface area contributed by atoms with Gasteiger partial charge in [-0.05, 0) is 82.6 Å². The summed E-state index contributed by atoms with van der Waals surface area (Å²) in [6.45, 7) is 4.32. The maximum Gasteiger partial charge on any atom is 0.143 e. The first kappa shape index (κ1) is 31.1. The van der Waals surface area contributed by atoms with E-state index in [1.165, 1.54) is 44.5 Å². The third-order valence-electron chi connectivity index (χ3n) is 11.1. The highest BCUT2D eigenvalue weighted by Gasteiger charge is 2.39. The number of hydrogen-bond acceptors (Lipinski definition) is 2. The van der Waals surface area contributed by atoms with E-state index in [9.17, 15) is 0 Å². The summed E-state index contributed by atoms with van der Waals surface area (Å²) >= 11 is 0. The van der Waals surface area contributed by atoms with Crippen LogP contribution < -0.4 is 0 Å². The van der Waals surface area contributed by atoms with Gasteiger partial charge in [-0.15, -0.1) is 0 Å². The van der Waals surface area contributed by atoms with Crippen LogP contribution in [-0.2, 0) is 5.41 Å². The standard InChI is InChI=1S/C51H36O2/c1-33-15-9-11-21-39(33)41-23-13-25-43-45-31-37(27-29-47(45)52-49(41)43)51(35-17-5-3-6-18-35,36-19-7-4-8-20-36)38-28-30-48-46(32-38)44-26-14-24-42(50(44)53-48)40-22-12-10-16-34(40)2/h3-32H,1-2H3. The van der Waals surface area contributed by atoms with E-state index in [4.69, 9.17) is 8.83 Å². The topological polar surface area (TPSA) is 26.3 Å². The fourth-order valence-electron chi connectivity index (χ4n) is 8.61. The Morgan fingerprint density at radius 2 is 0.717 bits per heavy atom. The number of furan rings is 2. The average molecular weight is 681 g/mol.